The zero-order valence-electron chi connectivity index (χ0n) is 7.01. The number of aliphatic hydroxyl groups excluding tert-OH is 1. The SMILES string of the molecule is Cl.Nc1ccc(OC(N)CO)cc1. The monoisotopic (exact) mass is 204 g/mol. The van der Waals surface area contributed by atoms with Crippen LogP contribution in [0.2, 0.25) is 0 Å². The van der Waals surface area contributed by atoms with Crippen molar-refractivity contribution < 1.29 is 9.84 Å². The molecule has 0 saturated carbocycles. The number of anilines is 1. The molecule has 0 aromatic heterocycles. The molecule has 0 spiro atoms. The van der Waals surface area contributed by atoms with Gasteiger partial charge in [-0.05, 0) is 24.3 Å². The Morgan fingerprint density at radius 2 is 1.85 bits per heavy atom. The third-order valence-electron chi connectivity index (χ3n) is 1.35. The molecule has 0 aliphatic rings. The van der Waals surface area contributed by atoms with Gasteiger partial charge < -0.3 is 15.6 Å². The molecule has 1 atom stereocenters. The van der Waals surface area contributed by atoms with Crippen molar-refractivity contribution in [3.8, 4) is 5.75 Å². The van der Waals surface area contributed by atoms with Gasteiger partial charge in [0.05, 0.1) is 6.61 Å². The van der Waals surface area contributed by atoms with Crippen molar-refractivity contribution in [1.82, 2.24) is 0 Å². The predicted molar refractivity (Wildman–Crippen MR) is 53.8 cm³/mol. The second-order valence-electron chi connectivity index (χ2n) is 2.41. The van der Waals surface area contributed by atoms with Gasteiger partial charge in [-0.25, -0.2) is 0 Å². The molecule has 0 amide bonds. The Kier molecular flexibility index (Phi) is 5.22. The van der Waals surface area contributed by atoms with Crippen molar-refractivity contribution in [2.45, 2.75) is 6.23 Å². The van der Waals surface area contributed by atoms with Crippen molar-refractivity contribution in [2.24, 2.45) is 5.73 Å². The fraction of sp³-hybridized carbons (Fsp3) is 0.250. The summed E-state index contributed by atoms with van der Waals surface area (Å²) in [4.78, 5) is 0. The van der Waals surface area contributed by atoms with E-state index in [9.17, 15) is 0 Å². The van der Waals surface area contributed by atoms with Crippen molar-refractivity contribution in [2.75, 3.05) is 12.3 Å². The van der Waals surface area contributed by atoms with E-state index in [0.717, 1.165) is 0 Å². The maximum absolute atomic E-state index is 8.58. The molecule has 0 aliphatic carbocycles. The summed E-state index contributed by atoms with van der Waals surface area (Å²) in [7, 11) is 0. The van der Waals surface area contributed by atoms with Gasteiger partial charge in [0.15, 0.2) is 6.23 Å². The Balaban J connectivity index is 0.00000144. The summed E-state index contributed by atoms with van der Waals surface area (Å²) >= 11 is 0. The number of benzene rings is 1. The molecule has 0 bridgehead atoms. The average molecular weight is 205 g/mol. The highest BCUT2D eigenvalue weighted by Gasteiger charge is 2.00. The number of aliphatic hydroxyl groups is 1. The minimum absolute atomic E-state index is 0. The van der Waals surface area contributed by atoms with E-state index in [2.05, 4.69) is 0 Å². The fourth-order valence-electron chi connectivity index (χ4n) is 0.758. The lowest BCUT2D eigenvalue weighted by Gasteiger charge is -2.11. The Morgan fingerprint density at radius 3 is 2.31 bits per heavy atom. The maximum atomic E-state index is 8.58. The van der Waals surface area contributed by atoms with E-state index < -0.39 is 6.23 Å². The molecule has 0 fully saturated rings. The van der Waals surface area contributed by atoms with Crippen LogP contribution in [-0.2, 0) is 0 Å². The summed E-state index contributed by atoms with van der Waals surface area (Å²) in [6.07, 6.45) is -0.673. The first-order chi connectivity index (χ1) is 5.72. The first-order valence-corrected chi connectivity index (χ1v) is 3.61. The van der Waals surface area contributed by atoms with E-state index in [1.165, 1.54) is 0 Å². The molecule has 1 aromatic carbocycles. The Hall–Kier alpha value is -0.970. The third kappa shape index (κ3) is 3.98. The highest BCUT2D eigenvalue weighted by Crippen LogP contribution is 2.13. The molecular formula is C8H13ClN2O2. The summed E-state index contributed by atoms with van der Waals surface area (Å²) in [6.45, 7) is -0.204. The van der Waals surface area contributed by atoms with Crippen LogP contribution in [0.15, 0.2) is 24.3 Å². The van der Waals surface area contributed by atoms with Crippen LogP contribution >= 0.6 is 12.4 Å². The molecule has 0 heterocycles. The van der Waals surface area contributed by atoms with Crippen LogP contribution in [0.1, 0.15) is 0 Å². The van der Waals surface area contributed by atoms with Crippen LogP contribution in [0.3, 0.4) is 0 Å². The van der Waals surface area contributed by atoms with Gasteiger partial charge in [-0.2, -0.15) is 0 Å². The lowest BCUT2D eigenvalue weighted by atomic mass is 10.3. The van der Waals surface area contributed by atoms with E-state index in [0.29, 0.717) is 11.4 Å². The van der Waals surface area contributed by atoms with Crippen molar-refractivity contribution in [3.05, 3.63) is 24.3 Å². The molecule has 0 aliphatic heterocycles. The number of rotatable bonds is 3. The van der Waals surface area contributed by atoms with Gasteiger partial charge in [-0.1, -0.05) is 0 Å². The summed E-state index contributed by atoms with van der Waals surface area (Å²) < 4.78 is 5.09. The van der Waals surface area contributed by atoms with E-state index in [1.807, 2.05) is 0 Å². The van der Waals surface area contributed by atoms with Gasteiger partial charge in [0.1, 0.15) is 5.75 Å². The molecule has 74 valence electrons. The zero-order chi connectivity index (χ0) is 8.97. The average Bonchev–Trinajstić information content (AvgIpc) is 2.09. The molecule has 13 heavy (non-hydrogen) atoms. The summed E-state index contributed by atoms with van der Waals surface area (Å²) in [6, 6.07) is 6.81. The smallest absolute Gasteiger partial charge is 0.170 e. The Morgan fingerprint density at radius 1 is 1.31 bits per heavy atom. The molecule has 5 N–H and O–H groups in total. The fourth-order valence-corrected chi connectivity index (χ4v) is 0.758. The third-order valence-corrected chi connectivity index (χ3v) is 1.35. The van der Waals surface area contributed by atoms with E-state index in [4.69, 9.17) is 21.3 Å². The van der Waals surface area contributed by atoms with Crippen molar-refractivity contribution in [1.29, 1.82) is 0 Å². The number of halogens is 1. The van der Waals surface area contributed by atoms with E-state index >= 15 is 0 Å². The largest absolute Gasteiger partial charge is 0.473 e. The van der Waals surface area contributed by atoms with Crippen molar-refractivity contribution in [3.63, 3.8) is 0 Å². The Bertz CT molecular complexity index is 240. The number of ether oxygens (including phenoxy) is 1. The molecular weight excluding hydrogens is 192 g/mol. The molecule has 1 rings (SSSR count). The summed E-state index contributed by atoms with van der Waals surface area (Å²) in [5.74, 6) is 0.603. The summed E-state index contributed by atoms with van der Waals surface area (Å²) in [5, 5.41) is 8.58. The van der Waals surface area contributed by atoms with Gasteiger partial charge in [0, 0.05) is 5.69 Å². The molecule has 4 nitrogen and oxygen atoms in total. The first kappa shape index (κ1) is 12.0. The zero-order valence-corrected chi connectivity index (χ0v) is 7.83. The second-order valence-corrected chi connectivity index (χ2v) is 2.41. The van der Waals surface area contributed by atoms with Crippen LogP contribution in [0, 0.1) is 0 Å². The number of nitrogens with two attached hydrogens (primary N) is 2. The van der Waals surface area contributed by atoms with Gasteiger partial charge in [-0.3, -0.25) is 5.73 Å². The highest BCUT2D eigenvalue weighted by molar-refractivity contribution is 5.85. The normalized spacial score (nSPS) is 11.5. The number of nitrogen functional groups attached to an aromatic ring is 1. The second kappa shape index (κ2) is 5.64. The number of hydrogen-bond donors (Lipinski definition) is 3. The lowest BCUT2D eigenvalue weighted by Crippen LogP contribution is -2.30. The quantitative estimate of drug-likeness (QED) is 0.490. The van der Waals surface area contributed by atoms with E-state index in [-0.39, 0.29) is 19.0 Å². The molecule has 1 unspecified atom stereocenters. The van der Waals surface area contributed by atoms with Crippen LogP contribution in [0.4, 0.5) is 5.69 Å². The van der Waals surface area contributed by atoms with E-state index in [1.54, 1.807) is 24.3 Å². The molecule has 0 radical (unpaired) electrons. The minimum atomic E-state index is -0.673. The first-order valence-electron chi connectivity index (χ1n) is 3.61. The van der Waals surface area contributed by atoms with Crippen molar-refractivity contribution >= 4 is 18.1 Å². The summed E-state index contributed by atoms with van der Waals surface area (Å²) in [5.41, 5.74) is 11.5. The predicted octanol–water partition coefficient (Wildman–Crippen LogP) is 0.346. The highest BCUT2D eigenvalue weighted by atomic mass is 35.5. The van der Waals surface area contributed by atoms with Crippen LogP contribution in [0.25, 0.3) is 0 Å². The lowest BCUT2D eigenvalue weighted by molar-refractivity contribution is 0.121. The van der Waals surface area contributed by atoms with Gasteiger partial charge >= 0.3 is 0 Å². The molecule has 5 heteroatoms. The minimum Gasteiger partial charge on any atom is -0.473 e. The van der Waals surface area contributed by atoms with Crippen LogP contribution < -0.4 is 16.2 Å². The van der Waals surface area contributed by atoms with Crippen LogP contribution in [0.5, 0.6) is 5.75 Å². The van der Waals surface area contributed by atoms with Crippen LogP contribution in [-0.4, -0.2) is 17.9 Å². The van der Waals surface area contributed by atoms with Gasteiger partial charge in [0.25, 0.3) is 0 Å². The molecule has 0 saturated heterocycles. The van der Waals surface area contributed by atoms with Gasteiger partial charge in [0.2, 0.25) is 0 Å². The Labute approximate surface area is 82.9 Å². The topological polar surface area (TPSA) is 81.5 Å². The maximum Gasteiger partial charge on any atom is 0.170 e. The standard InChI is InChI=1S/C8H12N2O2.ClH/c9-6-1-3-7(4-2-6)12-8(10)5-11;/h1-4,8,11H,5,9-10H2;1H. The van der Waals surface area contributed by atoms with Gasteiger partial charge in [-0.15, -0.1) is 12.4 Å². The molecule has 1 aromatic rings. The number of hydrogen-bond acceptors (Lipinski definition) is 4.